The molecule has 0 radical (unpaired) electrons. The number of hydrogen-bond donors (Lipinski definition) is 0. The van der Waals surface area contributed by atoms with Crippen molar-refractivity contribution >= 4 is 35.5 Å². The Balaban J connectivity index is 1.80. The number of thiazole rings is 1. The van der Waals surface area contributed by atoms with Crippen LogP contribution in [0.4, 0.5) is 0 Å². The van der Waals surface area contributed by atoms with Gasteiger partial charge in [-0.05, 0) is 12.1 Å². The molecule has 0 N–H and O–H groups in total. The molecule has 4 rings (SSSR count). The highest BCUT2D eigenvalue weighted by molar-refractivity contribution is 7.07. The first-order valence-electron chi connectivity index (χ1n) is 8.26. The van der Waals surface area contributed by atoms with Gasteiger partial charge in [0.1, 0.15) is 6.33 Å². The molecule has 0 saturated heterocycles. The Kier molecular flexibility index (Phi) is 3.98. The van der Waals surface area contributed by atoms with Crippen LogP contribution in [-0.2, 0) is 0 Å². The van der Waals surface area contributed by atoms with Crippen molar-refractivity contribution in [2.75, 3.05) is 0 Å². The minimum absolute atomic E-state index is 0.949. The van der Waals surface area contributed by atoms with Gasteiger partial charge in [0.05, 0.1) is 30.5 Å². The summed E-state index contributed by atoms with van der Waals surface area (Å²) in [5.41, 5.74) is 7.00. The summed E-state index contributed by atoms with van der Waals surface area (Å²) in [5.74, 6) is 0. The van der Waals surface area contributed by atoms with E-state index in [2.05, 4.69) is 82.4 Å². The van der Waals surface area contributed by atoms with Crippen LogP contribution in [0.5, 0.6) is 0 Å². The lowest BCUT2D eigenvalue weighted by Crippen LogP contribution is -2.37. The first kappa shape index (κ1) is 16.1. The second-order valence-corrected chi connectivity index (χ2v) is 13.0. The maximum Gasteiger partial charge on any atom is 0.116 e. The number of hydrogen-bond acceptors (Lipinski definition) is 4. The molecule has 0 saturated carbocycles. The summed E-state index contributed by atoms with van der Waals surface area (Å²) in [6, 6.07) is 15.2. The normalized spacial score (nSPS) is 11.8. The van der Waals surface area contributed by atoms with Gasteiger partial charge in [-0.1, -0.05) is 55.2 Å². The molecule has 0 fully saturated rings. The van der Waals surface area contributed by atoms with E-state index in [4.69, 9.17) is 0 Å². The van der Waals surface area contributed by atoms with Crippen molar-refractivity contribution in [1.82, 2.24) is 15.0 Å². The van der Waals surface area contributed by atoms with Gasteiger partial charge >= 0.3 is 0 Å². The monoisotopic (exact) mass is 361 g/mol. The minimum Gasteiger partial charge on any atom is -0.245 e. The summed E-state index contributed by atoms with van der Waals surface area (Å²) in [4.78, 5) is 13.4. The number of rotatable bonds is 3. The number of benzene rings is 2. The first-order valence-corrected chi connectivity index (χ1v) is 12.7. The fourth-order valence-corrected chi connectivity index (χ4v) is 4.66. The van der Waals surface area contributed by atoms with Gasteiger partial charge < -0.3 is 0 Å². The summed E-state index contributed by atoms with van der Waals surface area (Å²) in [7, 11) is -1.29. The van der Waals surface area contributed by atoms with Crippen LogP contribution in [0.1, 0.15) is 0 Å². The van der Waals surface area contributed by atoms with E-state index in [1.807, 2.05) is 5.51 Å². The molecule has 4 aromatic rings. The Labute approximate surface area is 152 Å². The lowest BCUT2D eigenvalue weighted by atomic mass is 10.0. The largest absolute Gasteiger partial charge is 0.245 e. The van der Waals surface area contributed by atoms with Crippen molar-refractivity contribution in [2.24, 2.45) is 0 Å². The Morgan fingerprint density at radius 3 is 2.28 bits per heavy atom. The molecule has 0 aliphatic carbocycles. The Morgan fingerprint density at radius 1 is 0.840 bits per heavy atom. The van der Waals surface area contributed by atoms with Crippen molar-refractivity contribution in [2.45, 2.75) is 19.6 Å². The molecule has 2 aromatic carbocycles. The highest BCUT2D eigenvalue weighted by Gasteiger charge is 2.16. The molecular weight excluding hydrogens is 342 g/mol. The SMILES string of the molecule is C[Si](C)(C)c1ccc(-c2ncnc3cc(-c4cscn4)ccc23)cc1. The summed E-state index contributed by atoms with van der Waals surface area (Å²) < 4.78 is 0. The zero-order chi connectivity index (χ0) is 17.4. The molecule has 2 heterocycles. The van der Waals surface area contributed by atoms with Crippen molar-refractivity contribution in [3.8, 4) is 22.5 Å². The van der Waals surface area contributed by atoms with E-state index in [0.29, 0.717) is 0 Å². The highest BCUT2D eigenvalue weighted by Crippen LogP contribution is 2.28. The minimum atomic E-state index is -1.29. The average Bonchev–Trinajstić information content (AvgIpc) is 3.15. The van der Waals surface area contributed by atoms with Gasteiger partial charge in [0.25, 0.3) is 0 Å². The molecule has 0 aliphatic rings. The number of nitrogens with zero attached hydrogens (tertiary/aromatic N) is 3. The first-order chi connectivity index (χ1) is 12.0. The zero-order valence-electron chi connectivity index (χ0n) is 14.5. The Hall–Kier alpha value is -2.37. The third-order valence-corrected chi connectivity index (χ3v) is 7.04. The van der Waals surface area contributed by atoms with Crippen molar-refractivity contribution in [3.63, 3.8) is 0 Å². The average molecular weight is 362 g/mol. The summed E-state index contributed by atoms with van der Waals surface area (Å²) in [5, 5.41) is 4.58. The van der Waals surface area contributed by atoms with Crippen LogP contribution in [0, 0.1) is 0 Å². The molecule has 0 spiro atoms. The van der Waals surface area contributed by atoms with Crippen LogP contribution < -0.4 is 5.19 Å². The lowest BCUT2D eigenvalue weighted by Gasteiger charge is -2.16. The van der Waals surface area contributed by atoms with Crippen LogP contribution >= 0.6 is 11.3 Å². The van der Waals surface area contributed by atoms with Crippen LogP contribution in [0.25, 0.3) is 33.4 Å². The molecule has 124 valence electrons. The van der Waals surface area contributed by atoms with Crippen LogP contribution in [0.15, 0.2) is 59.7 Å². The molecule has 0 amide bonds. The molecule has 25 heavy (non-hydrogen) atoms. The molecule has 2 aromatic heterocycles. The molecule has 0 bridgehead atoms. The van der Waals surface area contributed by atoms with Crippen molar-refractivity contribution < 1.29 is 0 Å². The number of fused-ring (bicyclic) bond motifs is 1. The molecule has 3 nitrogen and oxygen atoms in total. The second kappa shape index (κ2) is 6.17. The van der Waals surface area contributed by atoms with Gasteiger partial charge in [-0.3, -0.25) is 0 Å². The summed E-state index contributed by atoms with van der Waals surface area (Å²) >= 11 is 1.60. The van der Waals surface area contributed by atoms with E-state index in [-0.39, 0.29) is 0 Å². The third-order valence-electron chi connectivity index (χ3n) is 4.39. The third kappa shape index (κ3) is 3.13. The van der Waals surface area contributed by atoms with Gasteiger partial charge in [-0.15, -0.1) is 11.3 Å². The maximum absolute atomic E-state index is 4.55. The van der Waals surface area contributed by atoms with Crippen LogP contribution in [0.2, 0.25) is 19.6 Å². The second-order valence-electron chi connectivity index (χ2n) is 7.16. The Bertz CT molecular complexity index is 1020. The van der Waals surface area contributed by atoms with Gasteiger partial charge in [0.15, 0.2) is 0 Å². The molecule has 0 unspecified atom stereocenters. The zero-order valence-corrected chi connectivity index (χ0v) is 16.3. The van der Waals surface area contributed by atoms with E-state index >= 15 is 0 Å². The predicted octanol–water partition coefficient (Wildman–Crippen LogP) is 4.97. The van der Waals surface area contributed by atoms with E-state index in [1.165, 1.54) is 5.19 Å². The molecule has 0 aliphatic heterocycles. The van der Waals surface area contributed by atoms with Gasteiger partial charge in [-0.2, -0.15) is 0 Å². The smallest absolute Gasteiger partial charge is 0.116 e. The summed E-state index contributed by atoms with van der Waals surface area (Å²) in [6.45, 7) is 7.09. The van der Waals surface area contributed by atoms with Crippen LogP contribution in [-0.4, -0.2) is 23.0 Å². The van der Waals surface area contributed by atoms with Gasteiger partial charge in [0, 0.05) is 21.9 Å². The van der Waals surface area contributed by atoms with E-state index in [0.717, 1.165) is 33.4 Å². The number of aromatic nitrogens is 3. The quantitative estimate of drug-likeness (QED) is 0.484. The molecule has 0 atom stereocenters. The fourth-order valence-electron chi connectivity index (χ4n) is 2.93. The Morgan fingerprint density at radius 2 is 1.60 bits per heavy atom. The predicted molar refractivity (Wildman–Crippen MR) is 109 cm³/mol. The van der Waals surface area contributed by atoms with E-state index in [9.17, 15) is 0 Å². The van der Waals surface area contributed by atoms with Gasteiger partial charge in [-0.25, -0.2) is 15.0 Å². The van der Waals surface area contributed by atoms with Crippen molar-refractivity contribution in [1.29, 1.82) is 0 Å². The van der Waals surface area contributed by atoms with Gasteiger partial charge in [0.2, 0.25) is 0 Å². The van der Waals surface area contributed by atoms with E-state index in [1.54, 1.807) is 17.7 Å². The highest BCUT2D eigenvalue weighted by atomic mass is 32.1. The maximum atomic E-state index is 4.55. The molecular formula is C20H19N3SSi. The van der Waals surface area contributed by atoms with Crippen molar-refractivity contribution in [3.05, 3.63) is 59.7 Å². The lowest BCUT2D eigenvalue weighted by molar-refractivity contribution is 1.22. The standard InChI is InChI=1S/C20H19N3SSi/c1-25(2,3)16-7-4-14(5-8-16)20-17-9-6-15(19-11-24-13-23-19)10-18(17)21-12-22-20/h4-13H,1-3H3. The van der Waals surface area contributed by atoms with Crippen LogP contribution in [0.3, 0.4) is 0 Å². The topological polar surface area (TPSA) is 38.7 Å². The van der Waals surface area contributed by atoms with E-state index < -0.39 is 8.07 Å². The fraction of sp³-hybridized carbons (Fsp3) is 0.150. The summed E-state index contributed by atoms with van der Waals surface area (Å²) in [6.07, 6.45) is 1.65. The molecule has 5 heteroatoms.